The van der Waals surface area contributed by atoms with Crippen LogP contribution in [0.5, 0.6) is 0 Å². The molecule has 0 aliphatic carbocycles. The minimum Gasteiger partial charge on any atom is -0.368 e. The lowest BCUT2D eigenvalue weighted by Crippen LogP contribution is -2.52. The molecule has 0 aromatic carbocycles. The van der Waals surface area contributed by atoms with Crippen molar-refractivity contribution in [2.75, 3.05) is 5.73 Å². The van der Waals surface area contributed by atoms with Gasteiger partial charge in [0.05, 0.1) is 5.69 Å². The molecule has 2 heterocycles. The van der Waals surface area contributed by atoms with E-state index in [2.05, 4.69) is 36.1 Å². The molecular weight excluding hydrogens is 214 g/mol. The number of nitrogens with zero attached hydrogens (tertiary/aromatic N) is 2. The van der Waals surface area contributed by atoms with Crippen LogP contribution < -0.4 is 16.8 Å². The molecule has 1 atom stereocenters. The Hall–Kier alpha value is -1.62. The standard InChI is InChI=1S/C12H19N5/c1-11(2,3)7-12(14)9-8(4-5-16-12)6-15-10(13)17-9/h4-6,16H,7,14H2,1-3H3,(H2,13,15,17). The van der Waals surface area contributed by atoms with Crippen LogP contribution in [-0.2, 0) is 5.66 Å². The fourth-order valence-corrected chi connectivity index (χ4v) is 2.20. The van der Waals surface area contributed by atoms with Gasteiger partial charge < -0.3 is 16.8 Å². The van der Waals surface area contributed by atoms with E-state index < -0.39 is 5.66 Å². The van der Waals surface area contributed by atoms with Crippen LogP contribution in [0.4, 0.5) is 5.95 Å². The number of nitrogens with two attached hydrogens (primary N) is 2. The second kappa shape index (κ2) is 3.70. The van der Waals surface area contributed by atoms with E-state index in [1.807, 2.05) is 12.3 Å². The van der Waals surface area contributed by atoms with Crippen LogP contribution >= 0.6 is 0 Å². The average molecular weight is 233 g/mol. The van der Waals surface area contributed by atoms with Crippen molar-refractivity contribution in [1.82, 2.24) is 15.3 Å². The van der Waals surface area contributed by atoms with Gasteiger partial charge in [0.25, 0.3) is 0 Å². The van der Waals surface area contributed by atoms with E-state index in [9.17, 15) is 0 Å². The molecule has 1 aliphatic rings. The van der Waals surface area contributed by atoms with Crippen LogP contribution in [0.25, 0.3) is 6.08 Å². The van der Waals surface area contributed by atoms with Gasteiger partial charge in [0.1, 0.15) is 5.66 Å². The lowest BCUT2D eigenvalue weighted by atomic mass is 9.81. The van der Waals surface area contributed by atoms with Crippen molar-refractivity contribution in [2.24, 2.45) is 11.1 Å². The largest absolute Gasteiger partial charge is 0.368 e. The zero-order valence-corrected chi connectivity index (χ0v) is 10.5. The Kier molecular flexibility index (Phi) is 2.58. The monoisotopic (exact) mass is 233 g/mol. The number of hydrogen-bond donors (Lipinski definition) is 3. The minimum absolute atomic E-state index is 0.0872. The first-order valence-electron chi connectivity index (χ1n) is 5.66. The number of rotatable bonds is 1. The van der Waals surface area contributed by atoms with Crippen LogP contribution in [0, 0.1) is 5.41 Å². The topological polar surface area (TPSA) is 89.8 Å². The van der Waals surface area contributed by atoms with Crippen molar-refractivity contribution in [3.63, 3.8) is 0 Å². The highest BCUT2D eigenvalue weighted by atomic mass is 15.1. The minimum atomic E-state index is -0.681. The van der Waals surface area contributed by atoms with Gasteiger partial charge in [-0.2, -0.15) is 0 Å². The van der Waals surface area contributed by atoms with Gasteiger partial charge in [-0.3, -0.25) is 0 Å². The quantitative estimate of drug-likeness (QED) is 0.677. The van der Waals surface area contributed by atoms with Gasteiger partial charge in [-0.15, -0.1) is 0 Å². The number of nitrogens with one attached hydrogen (secondary N) is 1. The zero-order valence-electron chi connectivity index (χ0n) is 10.5. The van der Waals surface area contributed by atoms with Gasteiger partial charge in [-0.1, -0.05) is 20.8 Å². The first kappa shape index (κ1) is 11.9. The first-order chi connectivity index (χ1) is 7.80. The number of aromatic nitrogens is 2. The predicted octanol–water partition coefficient (Wildman–Crippen LogP) is 1.18. The maximum atomic E-state index is 6.42. The lowest BCUT2D eigenvalue weighted by Gasteiger charge is -2.37. The summed E-state index contributed by atoms with van der Waals surface area (Å²) < 4.78 is 0. The third-order valence-corrected chi connectivity index (χ3v) is 2.67. The van der Waals surface area contributed by atoms with Gasteiger partial charge in [0, 0.05) is 11.8 Å². The Bertz CT molecular complexity index is 460. The molecule has 1 aromatic rings. The molecule has 5 N–H and O–H groups in total. The summed E-state index contributed by atoms with van der Waals surface area (Å²) in [4.78, 5) is 8.27. The van der Waals surface area contributed by atoms with Crippen molar-refractivity contribution >= 4 is 12.0 Å². The third kappa shape index (κ3) is 2.39. The van der Waals surface area contributed by atoms with Crippen molar-refractivity contribution in [2.45, 2.75) is 32.9 Å². The van der Waals surface area contributed by atoms with Crippen LogP contribution in [-0.4, -0.2) is 9.97 Å². The van der Waals surface area contributed by atoms with E-state index in [1.54, 1.807) is 6.20 Å². The fourth-order valence-electron chi connectivity index (χ4n) is 2.20. The molecular formula is C12H19N5. The summed E-state index contributed by atoms with van der Waals surface area (Å²) in [6.07, 6.45) is 6.21. The normalized spacial score (nSPS) is 23.1. The summed E-state index contributed by atoms with van der Waals surface area (Å²) in [7, 11) is 0. The Labute approximate surface area is 101 Å². The molecule has 5 heteroatoms. The van der Waals surface area contributed by atoms with E-state index in [0.717, 1.165) is 17.7 Å². The van der Waals surface area contributed by atoms with Gasteiger partial charge in [0.2, 0.25) is 5.95 Å². The van der Waals surface area contributed by atoms with E-state index in [1.165, 1.54) is 0 Å². The van der Waals surface area contributed by atoms with Crippen molar-refractivity contribution in [3.05, 3.63) is 23.7 Å². The number of fused-ring (bicyclic) bond motifs is 1. The second-order valence-corrected chi connectivity index (χ2v) is 5.72. The summed E-state index contributed by atoms with van der Waals surface area (Å²) in [6.45, 7) is 6.43. The molecule has 0 radical (unpaired) electrons. The smallest absolute Gasteiger partial charge is 0.220 e. The first-order valence-corrected chi connectivity index (χ1v) is 5.66. The van der Waals surface area contributed by atoms with Gasteiger partial charge >= 0.3 is 0 Å². The molecule has 0 saturated heterocycles. The van der Waals surface area contributed by atoms with Crippen LogP contribution in [0.2, 0.25) is 0 Å². The molecule has 92 valence electrons. The van der Waals surface area contributed by atoms with Crippen molar-refractivity contribution in [1.29, 1.82) is 0 Å². The molecule has 0 spiro atoms. The van der Waals surface area contributed by atoms with E-state index in [-0.39, 0.29) is 11.4 Å². The van der Waals surface area contributed by atoms with Crippen LogP contribution in [0.1, 0.15) is 38.4 Å². The Morgan fingerprint density at radius 1 is 1.41 bits per heavy atom. The number of nitrogen functional groups attached to an aromatic ring is 1. The summed E-state index contributed by atoms with van der Waals surface area (Å²) in [5.74, 6) is 0.254. The van der Waals surface area contributed by atoms with Crippen molar-refractivity contribution in [3.8, 4) is 0 Å². The Morgan fingerprint density at radius 3 is 2.76 bits per heavy atom. The van der Waals surface area contributed by atoms with Crippen molar-refractivity contribution < 1.29 is 0 Å². The number of hydrogen-bond acceptors (Lipinski definition) is 5. The highest BCUT2D eigenvalue weighted by Gasteiger charge is 2.36. The van der Waals surface area contributed by atoms with Crippen LogP contribution in [0.3, 0.4) is 0 Å². The van der Waals surface area contributed by atoms with E-state index in [4.69, 9.17) is 11.5 Å². The highest BCUT2D eigenvalue weighted by Crippen LogP contribution is 2.33. The zero-order chi connectivity index (χ0) is 12.7. The molecule has 1 aromatic heterocycles. The molecule has 1 aliphatic heterocycles. The second-order valence-electron chi connectivity index (χ2n) is 5.72. The Morgan fingerprint density at radius 2 is 2.12 bits per heavy atom. The molecule has 0 fully saturated rings. The maximum absolute atomic E-state index is 6.42. The summed E-state index contributed by atoms with van der Waals surface area (Å²) in [5.41, 5.74) is 13.1. The van der Waals surface area contributed by atoms with Gasteiger partial charge in [-0.25, -0.2) is 9.97 Å². The molecule has 2 rings (SSSR count). The Balaban J connectivity index is 2.46. The fraction of sp³-hybridized carbons (Fsp3) is 0.500. The molecule has 5 nitrogen and oxygen atoms in total. The van der Waals surface area contributed by atoms with Crippen LogP contribution in [0.15, 0.2) is 12.4 Å². The highest BCUT2D eigenvalue weighted by molar-refractivity contribution is 5.56. The molecule has 1 unspecified atom stereocenters. The van der Waals surface area contributed by atoms with Gasteiger partial charge in [-0.05, 0) is 24.1 Å². The molecule has 0 amide bonds. The van der Waals surface area contributed by atoms with E-state index >= 15 is 0 Å². The van der Waals surface area contributed by atoms with Gasteiger partial charge in [0.15, 0.2) is 0 Å². The summed E-state index contributed by atoms with van der Waals surface area (Å²) in [5, 5.41) is 3.19. The lowest BCUT2D eigenvalue weighted by molar-refractivity contribution is 0.226. The summed E-state index contributed by atoms with van der Waals surface area (Å²) >= 11 is 0. The summed E-state index contributed by atoms with van der Waals surface area (Å²) in [6, 6.07) is 0. The predicted molar refractivity (Wildman–Crippen MR) is 68.6 cm³/mol. The maximum Gasteiger partial charge on any atom is 0.220 e. The molecule has 0 bridgehead atoms. The third-order valence-electron chi connectivity index (χ3n) is 2.67. The van der Waals surface area contributed by atoms with E-state index in [0.29, 0.717) is 0 Å². The average Bonchev–Trinajstić information content (AvgIpc) is 2.16. The molecule has 17 heavy (non-hydrogen) atoms. The molecule has 0 saturated carbocycles. The number of anilines is 1. The SMILES string of the molecule is CC(C)(C)CC1(N)NC=Cc2cnc(N)nc21.